The van der Waals surface area contributed by atoms with Crippen LogP contribution in [0.1, 0.15) is 40.0 Å². The number of hydrogen-bond donors (Lipinski definition) is 0. The molecule has 0 spiro atoms. The molecule has 0 amide bonds. The molecule has 102 valence electrons. The van der Waals surface area contributed by atoms with Gasteiger partial charge in [0, 0.05) is 12.8 Å². The third-order valence-corrected chi connectivity index (χ3v) is 5.31. The molecular weight excluding hydrogens is 234 g/mol. The highest BCUT2D eigenvalue weighted by molar-refractivity contribution is 7.90. The van der Waals surface area contributed by atoms with Crippen molar-refractivity contribution < 1.29 is 8.42 Å². The van der Waals surface area contributed by atoms with Crippen LogP contribution in [-0.2, 0) is 9.84 Å². The molecule has 0 N–H and O–H groups in total. The summed E-state index contributed by atoms with van der Waals surface area (Å²) in [5, 5.41) is 0. The van der Waals surface area contributed by atoms with Gasteiger partial charge < -0.3 is 4.90 Å². The zero-order chi connectivity index (χ0) is 13.1. The molecule has 0 aliphatic carbocycles. The van der Waals surface area contributed by atoms with Crippen molar-refractivity contribution in [2.75, 3.05) is 31.6 Å². The lowest BCUT2D eigenvalue weighted by molar-refractivity contribution is 0.101. The van der Waals surface area contributed by atoms with E-state index in [4.69, 9.17) is 0 Å². The van der Waals surface area contributed by atoms with Gasteiger partial charge in [-0.25, -0.2) is 8.42 Å². The highest BCUT2D eigenvalue weighted by Crippen LogP contribution is 2.37. The number of rotatable bonds is 5. The Labute approximate surface area is 106 Å². The molecular formula is C13H27NO2S. The van der Waals surface area contributed by atoms with Crippen molar-refractivity contribution in [1.82, 2.24) is 4.90 Å². The maximum Gasteiger partial charge on any atom is 0.148 e. The van der Waals surface area contributed by atoms with E-state index in [1.165, 1.54) is 25.5 Å². The first-order valence-corrected chi connectivity index (χ1v) is 8.71. The summed E-state index contributed by atoms with van der Waals surface area (Å²) in [6.45, 7) is 9.79. The van der Waals surface area contributed by atoms with Gasteiger partial charge in [0.2, 0.25) is 0 Å². The first-order chi connectivity index (χ1) is 7.74. The van der Waals surface area contributed by atoms with E-state index in [1.54, 1.807) is 0 Å². The lowest BCUT2D eigenvalue weighted by atomic mass is 9.72. The van der Waals surface area contributed by atoms with E-state index in [2.05, 4.69) is 25.7 Å². The third kappa shape index (κ3) is 4.96. The first-order valence-electron chi connectivity index (χ1n) is 6.64. The summed E-state index contributed by atoms with van der Waals surface area (Å²) in [6.07, 6.45) is 4.97. The summed E-state index contributed by atoms with van der Waals surface area (Å²) < 4.78 is 22.2. The van der Waals surface area contributed by atoms with Crippen molar-refractivity contribution in [3.8, 4) is 0 Å². The predicted molar refractivity (Wildman–Crippen MR) is 72.9 cm³/mol. The molecule has 1 heterocycles. The van der Waals surface area contributed by atoms with Crippen LogP contribution < -0.4 is 0 Å². The molecule has 17 heavy (non-hydrogen) atoms. The van der Waals surface area contributed by atoms with Crippen LogP contribution in [0.15, 0.2) is 0 Å². The molecule has 1 rings (SSSR count). The second kappa shape index (κ2) is 5.70. The molecule has 0 aromatic rings. The molecule has 0 aromatic heterocycles. The normalized spacial score (nSPS) is 20.7. The Balaban J connectivity index is 2.36. The number of piperidine rings is 1. The van der Waals surface area contributed by atoms with E-state index >= 15 is 0 Å². The minimum atomic E-state index is -2.81. The Morgan fingerprint density at radius 3 is 2.18 bits per heavy atom. The fourth-order valence-corrected chi connectivity index (χ4v) is 3.11. The molecule has 1 saturated heterocycles. The number of sulfone groups is 1. The zero-order valence-corrected chi connectivity index (χ0v) is 12.5. The SMILES string of the molecule is CCC(C)(C)C1CCN(CCS(C)(=O)=O)CC1. The predicted octanol–water partition coefficient (Wildman–Crippen LogP) is 2.18. The first kappa shape index (κ1) is 15.0. The number of hydrogen-bond acceptors (Lipinski definition) is 3. The van der Waals surface area contributed by atoms with Crippen molar-refractivity contribution >= 4 is 9.84 Å². The average molecular weight is 261 g/mol. The summed E-state index contributed by atoms with van der Waals surface area (Å²) in [5.41, 5.74) is 0.433. The minimum Gasteiger partial charge on any atom is -0.302 e. The minimum absolute atomic E-state index is 0.300. The molecule has 0 bridgehead atoms. The molecule has 4 heteroatoms. The highest BCUT2D eigenvalue weighted by Gasteiger charge is 2.30. The standard InChI is InChI=1S/C13H27NO2S/c1-5-13(2,3)12-6-8-14(9-7-12)10-11-17(4,15)16/h12H,5-11H2,1-4H3. The number of likely N-dealkylation sites (tertiary alicyclic amines) is 1. The van der Waals surface area contributed by atoms with E-state index in [0.29, 0.717) is 17.7 Å². The maximum absolute atomic E-state index is 11.1. The fourth-order valence-electron chi connectivity index (χ4n) is 2.52. The van der Waals surface area contributed by atoms with Crippen LogP contribution in [0.4, 0.5) is 0 Å². The maximum atomic E-state index is 11.1. The zero-order valence-electron chi connectivity index (χ0n) is 11.7. The Bertz CT molecular complexity index is 327. The Morgan fingerprint density at radius 2 is 1.76 bits per heavy atom. The van der Waals surface area contributed by atoms with Crippen LogP contribution in [0, 0.1) is 11.3 Å². The molecule has 0 atom stereocenters. The van der Waals surface area contributed by atoms with E-state index in [1.807, 2.05) is 0 Å². The van der Waals surface area contributed by atoms with E-state index in [9.17, 15) is 8.42 Å². The Hall–Kier alpha value is -0.0900. The van der Waals surface area contributed by atoms with Crippen molar-refractivity contribution in [1.29, 1.82) is 0 Å². The van der Waals surface area contributed by atoms with Gasteiger partial charge in [0.1, 0.15) is 9.84 Å². The molecule has 1 aliphatic heterocycles. The van der Waals surface area contributed by atoms with Crippen LogP contribution in [0.2, 0.25) is 0 Å². The van der Waals surface area contributed by atoms with Crippen molar-refractivity contribution in [3.05, 3.63) is 0 Å². The molecule has 1 fully saturated rings. The van der Waals surface area contributed by atoms with Crippen molar-refractivity contribution in [2.24, 2.45) is 11.3 Å². The van der Waals surface area contributed by atoms with Crippen LogP contribution >= 0.6 is 0 Å². The molecule has 0 radical (unpaired) electrons. The summed E-state index contributed by atoms with van der Waals surface area (Å²) in [6, 6.07) is 0. The molecule has 3 nitrogen and oxygen atoms in total. The van der Waals surface area contributed by atoms with Gasteiger partial charge in [-0.05, 0) is 37.3 Å². The van der Waals surface area contributed by atoms with E-state index < -0.39 is 9.84 Å². The highest BCUT2D eigenvalue weighted by atomic mass is 32.2. The molecule has 1 aliphatic rings. The van der Waals surface area contributed by atoms with Crippen LogP contribution in [0.3, 0.4) is 0 Å². The average Bonchev–Trinajstić information content (AvgIpc) is 2.26. The monoisotopic (exact) mass is 261 g/mol. The quantitative estimate of drug-likeness (QED) is 0.761. The van der Waals surface area contributed by atoms with Gasteiger partial charge in [-0.15, -0.1) is 0 Å². The Morgan fingerprint density at radius 1 is 1.24 bits per heavy atom. The van der Waals surface area contributed by atoms with Crippen LogP contribution in [-0.4, -0.2) is 45.0 Å². The van der Waals surface area contributed by atoms with Crippen molar-refractivity contribution in [3.63, 3.8) is 0 Å². The third-order valence-electron chi connectivity index (χ3n) is 4.38. The van der Waals surface area contributed by atoms with Gasteiger partial charge in [-0.3, -0.25) is 0 Å². The van der Waals surface area contributed by atoms with Gasteiger partial charge in [-0.2, -0.15) is 0 Å². The lowest BCUT2D eigenvalue weighted by Crippen LogP contribution is -2.40. The van der Waals surface area contributed by atoms with Crippen LogP contribution in [0.5, 0.6) is 0 Å². The van der Waals surface area contributed by atoms with Gasteiger partial charge in [0.25, 0.3) is 0 Å². The van der Waals surface area contributed by atoms with E-state index in [-0.39, 0.29) is 0 Å². The molecule has 0 unspecified atom stereocenters. The van der Waals surface area contributed by atoms with Crippen LogP contribution in [0.25, 0.3) is 0 Å². The van der Waals surface area contributed by atoms with Gasteiger partial charge in [-0.1, -0.05) is 27.2 Å². The molecule has 0 saturated carbocycles. The summed E-state index contributed by atoms with van der Waals surface area (Å²) in [4.78, 5) is 2.29. The smallest absolute Gasteiger partial charge is 0.148 e. The van der Waals surface area contributed by atoms with Gasteiger partial charge in [0.05, 0.1) is 5.75 Å². The van der Waals surface area contributed by atoms with Gasteiger partial charge >= 0.3 is 0 Å². The Kier molecular flexibility index (Phi) is 5.02. The molecule has 0 aromatic carbocycles. The van der Waals surface area contributed by atoms with E-state index in [0.717, 1.165) is 19.0 Å². The summed E-state index contributed by atoms with van der Waals surface area (Å²) >= 11 is 0. The fraction of sp³-hybridized carbons (Fsp3) is 1.00. The number of nitrogens with zero attached hydrogens (tertiary/aromatic N) is 1. The topological polar surface area (TPSA) is 37.4 Å². The largest absolute Gasteiger partial charge is 0.302 e. The summed E-state index contributed by atoms with van der Waals surface area (Å²) in [5.74, 6) is 1.09. The van der Waals surface area contributed by atoms with Gasteiger partial charge in [0.15, 0.2) is 0 Å². The van der Waals surface area contributed by atoms with Crippen molar-refractivity contribution in [2.45, 2.75) is 40.0 Å². The summed E-state index contributed by atoms with van der Waals surface area (Å²) in [7, 11) is -2.81. The second-order valence-electron chi connectivity index (χ2n) is 6.09. The lowest BCUT2D eigenvalue weighted by Gasteiger charge is -2.40. The second-order valence-corrected chi connectivity index (χ2v) is 8.35.